The number of aromatic nitrogens is 3. The average Bonchev–Trinajstić information content (AvgIpc) is 3.76. The summed E-state index contributed by atoms with van der Waals surface area (Å²) in [4.78, 5) is 30.7. The highest BCUT2D eigenvalue weighted by molar-refractivity contribution is 7.80. The molecule has 2 aromatic heterocycles. The number of nitrogens with one attached hydrogen (secondary N) is 4. The number of carbonyl (C=O) groups is 1. The number of hydrogen-bond donors (Lipinski definition) is 3. The zero-order valence-electron chi connectivity index (χ0n) is 26.6. The zero-order chi connectivity index (χ0) is 31.6. The summed E-state index contributed by atoms with van der Waals surface area (Å²) in [7, 11) is 1.69. The van der Waals surface area contributed by atoms with Crippen LogP contribution in [0.15, 0.2) is 42.7 Å². The maximum atomic E-state index is 12.0. The first-order chi connectivity index (χ1) is 22.5. The molecule has 3 fully saturated rings. The van der Waals surface area contributed by atoms with Crippen molar-refractivity contribution in [2.45, 2.75) is 45.1 Å². The fourth-order valence-electron chi connectivity index (χ4n) is 6.61. The Morgan fingerprint density at radius 2 is 1.80 bits per heavy atom. The van der Waals surface area contributed by atoms with E-state index < -0.39 is 0 Å². The van der Waals surface area contributed by atoms with Crippen LogP contribution in [0.5, 0.6) is 11.5 Å². The first-order valence-electron chi connectivity index (χ1n) is 16.5. The number of piperazine rings is 1. The molecule has 4 aromatic rings. The molecule has 1 aliphatic carbocycles. The van der Waals surface area contributed by atoms with Crippen molar-refractivity contribution in [3.8, 4) is 11.5 Å². The highest BCUT2D eigenvalue weighted by Crippen LogP contribution is 2.38. The first kappa shape index (κ1) is 30.5. The predicted molar refractivity (Wildman–Crippen MR) is 185 cm³/mol. The quantitative estimate of drug-likeness (QED) is 0.168. The third-order valence-corrected chi connectivity index (χ3v) is 9.83. The molecule has 1 atom stereocenters. The number of anilines is 3. The van der Waals surface area contributed by atoms with Gasteiger partial charge in [-0.1, -0.05) is 4.98 Å². The summed E-state index contributed by atoms with van der Waals surface area (Å²) < 4.78 is 12.0. The smallest absolute Gasteiger partial charge is 0.234 e. The largest absolute Gasteiger partial charge is 0.493 e. The molecule has 11 nitrogen and oxygen atoms in total. The highest BCUT2D eigenvalue weighted by Gasteiger charge is 2.30. The predicted octanol–water partition coefficient (Wildman–Crippen LogP) is 4.66. The van der Waals surface area contributed by atoms with E-state index in [0.29, 0.717) is 17.8 Å². The maximum Gasteiger partial charge on any atom is 0.234 e. The molecule has 0 radical (unpaired) electrons. The van der Waals surface area contributed by atoms with Crippen LogP contribution in [0.3, 0.4) is 0 Å². The topological polar surface area (TPSA) is 112 Å². The van der Waals surface area contributed by atoms with Crippen LogP contribution in [0.2, 0.25) is 0 Å². The summed E-state index contributed by atoms with van der Waals surface area (Å²) in [6.07, 6.45) is 7.29. The van der Waals surface area contributed by atoms with Gasteiger partial charge in [0, 0.05) is 41.3 Å². The van der Waals surface area contributed by atoms with Gasteiger partial charge < -0.3 is 34.9 Å². The van der Waals surface area contributed by atoms with Gasteiger partial charge in [-0.2, -0.15) is 0 Å². The fraction of sp³-hybridized carbons (Fsp3) is 0.471. The number of hydrogen-bond acceptors (Lipinski definition) is 7. The molecule has 46 heavy (non-hydrogen) atoms. The lowest BCUT2D eigenvalue weighted by Gasteiger charge is -2.34. The van der Waals surface area contributed by atoms with Crippen molar-refractivity contribution in [2.75, 3.05) is 68.5 Å². The van der Waals surface area contributed by atoms with Crippen LogP contribution in [-0.4, -0.2) is 89.8 Å². The number of amides is 1. The number of fused-ring (bicyclic) bond motifs is 3. The van der Waals surface area contributed by atoms with Crippen LogP contribution in [0, 0.1) is 5.92 Å². The average molecular weight is 644 g/mol. The van der Waals surface area contributed by atoms with Crippen molar-refractivity contribution >= 4 is 62.4 Å². The molecule has 0 spiro atoms. The Kier molecular flexibility index (Phi) is 8.81. The number of likely N-dealkylation sites (tertiary alicyclic amines) is 1. The molecule has 1 amide bonds. The third-order valence-electron chi connectivity index (χ3n) is 9.47. The van der Waals surface area contributed by atoms with E-state index in [2.05, 4.69) is 53.3 Å². The molecule has 7 rings (SSSR count). The van der Waals surface area contributed by atoms with Crippen LogP contribution in [0.25, 0.3) is 21.9 Å². The van der Waals surface area contributed by atoms with Gasteiger partial charge in [-0.3, -0.25) is 9.69 Å². The van der Waals surface area contributed by atoms with Crippen LogP contribution < -0.4 is 30.0 Å². The van der Waals surface area contributed by atoms with Crippen molar-refractivity contribution in [1.29, 1.82) is 0 Å². The Morgan fingerprint density at radius 3 is 2.50 bits per heavy atom. The molecule has 2 aromatic carbocycles. The van der Waals surface area contributed by atoms with Crippen LogP contribution in [0.1, 0.15) is 39.0 Å². The van der Waals surface area contributed by atoms with Gasteiger partial charge in [-0.05, 0) is 88.1 Å². The lowest BCUT2D eigenvalue weighted by atomic mass is 10.1. The summed E-state index contributed by atoms with van der Waals surface area (Å²) in [5.41, 5.74) is 3.50. The molecule has 4 heterocycles. The fourth-order valence-corrected chi connectivity index (χ4v) is 6.91. The third kappa shape index (κ3) is 6.54. The Hall–Kier alpha value is -4.16. The standard InChI is InChI=1S/C34H42N8O3S/c1-22-5-3-12-40(22)13-4-18-45-29-20-27-26(19-28(29)44-2)30-31(39-27)35-21-36-32(30)41-14-16-42(17-15-41)34(46)38-25-10-8-24(9-11-25)37-33(43)23-6-7-23/h8-11,19-23H,3-7,12-18H2,1-2H3,(H,37,43)(H,38,46)(H,35,36,39)/p+1. The van der Waals surface area contributed by atoms with E-state index in [0.717, 1.165) is 103 Å². The Bertz CT molecular complexity index is 1720. The van der Waals surface area contributed by atoms with Gasteiger partial charge in [0.05, 0.1) is 45.4 Å². The van der Waals surface area contributed by atoms with Crippen LogP contribution in [-0.2, 0) is 4.79 Å². The second kappa shape index (κ2) is 13.3. The normalized spacial score (nSPS) is 18.7. The van der Waals surface area contributed by atoms with E-state index in [-0.39, 0.29) is 11.8 Å². The minimum Gasteiger partial charge on any atom is -0.493 e. The second-order valence-electron chi connectivity index (χ2n) is 12.6. The number of methoxy groups -OCH3 is 1. The maximum absolute atomic E-state index is 12.0. The number of aromatic amines is 2. The summed E-state index contributed by atoms with van der Waals surface area (Å²) in [6.45, 7) is 8.35. The number of rotatable bonds is 10. The summed E-state index contributed by atoms with van der Waals surface area (Å²) in [5, 5.41) is 9.11. The van der Waals surface area contributed by atoms with E-state index in [4.69, 9.17) is 21.7 Å². The van der Waals surface area contributed by atoms with Crippen molar-refractivity contribution in [3.63, 3.8) is 0 Å². The number of thiocarbonyl (C=S) groups is 1. The van der Waals surface area contributed by atoms with Gasteiger partial charge in [0.1, 0.15) is 5.39 Å². The van der Waals surface area contributed by atoms with Gasteiger partial charge in [0.25, 0.3) is 0 Å². The van der Waals surface area contributed by atoms with Crippen LogP contribution >= 0.6 is 12.2 Å². The molecule has 1 saturated carbocycles. The Balaban J connectivity index is 0.989. The molecular weight excluding hydrogens is 600 g/mol. The minimum atomic E-state index is 0.108. The molecule has 2 saturated heterocycles. The van der Waals surface area contributed by atoms with E-state index in [9.17, 15) is 4.79 Å². The summed E-state index contributed by atoms with van der Waals surface area (Å²) in [5.74, 6) is 2.77. The summed E-state index contributed by atoms with van der Waals surface area (Å²) >= 11 is 5.77. The number of ether oxygens (including phenoxy) is 2. The first-order valence-corrected chi connectivity index (χ1v) is 16.9. The monoisotopic (exact) mass is 643 g/mol. The van der Waals surface area contributed by atoms with Gasteiger partial charge >= 0.3 is 0 Å². The SMILES string of the molecule is COc1cc2c(cc1OCCCN1CCCC1C)[nH]c1nc[nH+]c(N3CCN(C(=S)Nc4ccc(NC(=O)C5CC5)cc4)CC3)c12. The number of carbonyl (C=O) groups excluding carboxylic acids is 1. The van der Waals surface area contributed by atoms with E-state index in [1.54, 1.807) is 13.4 Å². The van der Waals surface area contributed by atoms with Crippen molar-refractivity contribution in [3.05, 3.63) is 42.7 Å². The minimum absolute atomic E-state index is 0.108. The number of H-pyrrole nitrogens is 2. The lowest BCUT2D eigenvalue weighted by Crippen LogP contribution is -2.51. The molecular formula is C34H43N8O3S+. The molecule has 12 heteroatoms. The van der Waals surface area contributed by atoms with Gasteiger partial charge in [0.2, 0.25) is 23.7 Å². The lowest BCUT2D eigenvalue weighted by molar-refractivity contribution is -0.367. The van der Waals surface area contributed by atoms with Gasteiger partial charge in [-0.15, -0.1) is 0 Å². The Morgan fingerprint density at radius 1 is 1.04 bits per heavy atom. The van der Waals surface area contributed by atoms with E-state index >= 15 is 0 Å². The number of benzene rings is 2. The molecule has 1 unspecified atom stereocenters. The second-order valence-corrected chi connectivity index (χ2v) is 13.0. The number of nitrogens with zero attached hydrogens (tertiary/aromatic N) is 4. The van der Waals surface area contributed by atoms with Crippen LogP contribution in [0.4, 0.5) is 17.2 Å². The molecule has 4 N–H and O–H groups in total. The van der Waals surface area contributed by atoms with E-state index in [1.165, 1.54) is 19.4 Å². The molecule has 242 valence electrons. The molecule has 2 aliphatic heterocycles. The Labute approximate surface area is 274 Å². The van der Waals surface area contributed by atoms with Gasteiger partial charge in [-0.25, -0.2) is 4.98 Å². The highest BCUT2D eigenvalue weighted by atomic mass is 32.1. The summed E-state index contributed by atoms with van der Waals surface area (Å²) in [6, 6.07) is 12.5. The zero-order valence-corrected chi connectivity index (χ0v) is 27.4. The van der Waals surface area contributed by atoms with Crippen molar-refractivity contribution in [2.24, 2.45) is 5.92 Å². The van der Waals surface area contributed by atoms with Crippen molar-refractivity contribution in [1.82, 2.24) is 19.8 Å². The van der Waals surface area contributed by atoms with Crippen molar-refractivity contribution < 1.29 is 19.3 Å². The molecule has 0 bridgehead atoms. The van der Waals surface area contributed by atoms with E-state index in [1.807, 2.05) is 30.3 Å². The molecule has 3 aliphatic rings. The van der Waals surface area contributed by atoms with Gasteiger partial charge in [0.15, 0.2) is 16.6 Å².